The average molecular weight is 323 g/mol. The van der Waals surface area contributed by atoms with Gasteiger partial charge in [0.25, 0.3) is 0 Å². The molecular weight excluding hydrogens is 292 g/mol. The molecule has 5 heteroatoms. The number of likely N-dealkylation sites (tertiary alicyclic amines) is 1. The fraction of sp³-hybridized carbons (Fsp3) is 0.706. The predicted molar refractivity (Wildman–Crippen MR) is 96.8 cm³/mol. The fourth-order valence-electron chi connectivity index (χ4n) is 2.84. The maximum atomic E-state index is 4.74. The highest BCUT2D eigenvalue weighted by Crippen LogP contribution is 2.18. The number of guanidine groups is 1. The van der Waals surface area contributed by atoms with Crippen LogP contribution < -0.4 is 10.6 Å². The zero-order valence-corrected chi connectivity index (χ0v) is 15.1. The third-order valence-corrected chi connectivity index (χ3v) is 5.18. The molecule has 2 N–H and O–H groups in total. The topological polar surface area (TPSA) is 39.7 Å². The van der Waals surface area contributed by atoms with Crippen LogP contribution in [-0.2, 0) is 6.42 Å². The number of rotatable bonds is 6. The highest BCUT2D eigenvalue weighted by atomic mass is 32.1. The van der Waals surface area contributed by atoms with Gasteiger partial charge in [-0.15, -0.1) is 11.3 Å². The molecule has 0 bridgehead atoms. The fourth-order valence-corrected chi connectivity index (χ4v) is 3.54. The predicted octanol–water partition coefficient (Wildman–Crippen LogP) is 2.57. The molecule has 0 spiro atoms. The van der Waals surface area contributed by atoms with Gasteiger partial charge in [-0.3, -0.25) is 9.89 Å². The summed E-state index contributed by atoms with van der Waals surface area (Å²) >= 11 is 1.81. The van der Waals surface area contributed by atoms with Crippen LogP contribution in [0.15, 0.2) is 22.5 Å². The van der Waals surface area contributed by atoms with E-state index in [9.17, 15) is 0 Å². The Hall–Kier alpha value is -1.07. The van der Waals surface area contributed by atoms with Crippen molar-refractivity contribution in [2.24, 2.45) is 10.9 Å². The highest BCUT2D eigenvalue weighted by Gasteiger charge is 2.31. The SMILES string of the molecule is CCNC(=NCCc1cccs1)NC1CN(C(C)C)CC1C. The third-order valence-electron chi connectivity index (χ3n) is 4.25. The lowest BCUT2D eigenvalue weighted by molar-refractivity contribution is 0.265. The minimum atomic E-state index is 0.488. The maximum Gasteiger partial charge on any atom is 0.191 e. The quantitative estimate of drug-likeness (QED) is 0.625. The normalized spacial score (nSPS) is 23.2. The van der Waals surface area contributed by atoms with Crippen LogP contribution in [0.2, 0.25) is 0 Å². The van der Waals surface area contributed by atoms with Crippen LogP contribution in [-0.4, -0.2) is 49.1 Å². The lowest BCUT2D eigenvalue weighted by Gasteiger charge is -2.21. The van der Waals surface area contributed by atoms with E-state index in [1.165, 1.54) is 11.4 Å². The lowest BCUT2D eigenvalue weighted by Crippen LogP contribution is -2.46. The molecule has 1 aliphatic heterocycles. The van der Waals surface area contributed by atoms with E-state index in [1.54, 1.807) is 0 Å². The van der Waals surface area contributed by atoms with E-state index in [2.05, 4.69) is 60.7 Å². The van der Waals surface area contributed by atoms with Crippen molar-refractivity contribution in [1.29, 1.82) is 0 Å². The van der Waals surface area contributed by atoms with Crippen molar-refractivity contribution in [3.8, 4) is 0 Å². The van der Waals surface area contributed by atoms with Gasteiger partial charge in [0, 0.05) is 49.6 Å². The molecule has 1 fully saturated rings. The zero-order chi connectivity index (χ0) is 15.9. The monoisotopic (exact) mass is 322 g/mol. The minimum Gasteiger partial charge on any atom is -0.357 e. The van der Waals surface area contributed by atoms with Crippen LogP contribution in [0.25, 0.3) is 0 Å². The Kier molecular flexibility index (Phi) is 6.70. The van der Waals surface area contributed by atoms with Gasteiger partial charge in [-0.05, 0) is 38.1 Å². The van der Waals surface area contributed by atoms with E-state index in [4.69, 9.17) is 4.99 Å². The van der Waals surface area contributed by atoms with Crippen LogP contribution in [0.5, 0.6) is 0 Å². The van der Waals surface area contributed by atoms with Crippen molar-refractivity contribution < 1.29 is 0 Å². The van der Waals surface area contributed by atoms with Crippen LogP contribution in [0, 0.1) is 5.92 Å². The third kappa shape index (κ3) is 4.99. The average Bonchev–Trinajstić information content (AvgIpc) is 3.10. The summed E-state index contributed by atoms with van der Waals surface area (Å²) < 4.78 is 0. The second kappa shape index (κ2) is 8.53. The Labute approximate surface area is 139 Å². The minimum absolute atomic E-state index is 0.488. The molecule has 0 radical (unpaired) electrons. The van der Waals surface area contributed by atoms with Crippen molar-refractivity contribution in [2.75, 3.05) is 26.2 Å². The molecule has 1 aliphatic rings. The van der Waals surface area contributed by atoms with E-state index in [1.807, 2.05) is 11.3 Å². The molecule has 124 valence electrons. The molecule has 1 aromatic rings. The standard InChI is InChI=1S/C17H30N4S/c1-5-18-17(19-9-8-15-7-6-10-22-15)20-16-12-21(13(2)3)11-14(16)4/h6-7,10,13-14,16H,5,8-9,11-12H2,1-4H3,(H2,18,19,20). The molecule has 1 aromatic heterocycles. The first-order chi connectivity index (χ1) is 10.6. The van der Waals surface area contributed by atoms with Crippen LogP contribution in [0.4, 0.5) is 0 Å². The molecule has 4 nitrogen and oxygen atoms in total. The summed E-state index contributed by atoms with van der Waals surface area (Å²) in [7, 11) is 0. The van der Waals surface area contributed by atoms with Gasteiger partial charge in [0.1, 0.15) is 0 Å². The first-order valence-electron chi connectivity index (χ1n) is 8.41. The van der Waals surface area contributed by atoms with Crippen LogP contribution >= 0.6 is 11.3 Å². The van der Waals surface area contributed by atoms with E-state index in [0.29, 0.717) is 18.0 Å². The Balaban J connectivity index is 1.87. The molecule has 1 saturated heterocycles. The second-order valence-electron chi connectivity index (χ2n) is 6.37. The number of hydrogen-bond donors (Lipinski definition) is 2. The molecular formula is C17H30N4S. The first-order valence-corrected chi connectivity index (χ1v) is 9.29. The number of nitrogens with zero attached hydrogens (tertiary/aromatic N) is 2. The largest absolute Gasteiger partial charge is 0.357 e. The highest BCUT2D eigenvalue weighted by molar-refractivity contribution is 7.09. The molecule has 2 atom stereocenters. The van der Waals surface area contributed by atoms with Gasteiger partial charge >= 0.3 is 0 Å². The first kappa shape index (κ1) is 17.3. The molecule has 0 amide bonds. The lowest BCUT2D eigenvalue weighted by atomic mass is 10.1. The van der Waals surface area contributed by atoms with Gasteiger partial charge in [-0.2, -0.15) is 0 Å². The maximum absolute atomic E-state index is 4.74. The van der Waals surface area contributed by atoms with E-state index in [-0.39, 0.29) is 0 Å². The number of aliphatic imine (C=N–C) groups is 1. The smallest absolute Gasteiger partial charge is 0.191 e. The zero-order valence-electron chi connectivity index (χ0n) is 14.3. The van der Waals surface area contributed by atoms with Crippen molar-refractivity contribution >= 4 is 17.3 Å². The Morgan fingerprint density at radius 3 is 2.86 bits per heavy atom. The Morgan fingerprint density at radius 2 is 2.27 bits per heavy atom. The van der Waals surface area contributed by atoms with E-state index >= 15 is 0 Å². The summed E-state index contributed by atoms with van der Waals surface area (Å²) in [6, 6.07) is 5.39. The second-order valence-corrected chi connectivity index (χ2v) is 7.40. The van der Waals surface area contributed by atoms with E-state index < -0.39 is 0 Å². The molecule has 0 saturated carbocycles. The molecule has 0 aromatic carbocycles. The summed E-state index contributed by atoms with van der Waals surface area (Å²) in [4.78, 5) is 8.68. The van der Waals surface area contributed by atoms with Crippen LogP contribution in [0.1, 0.15) is 32.6 Å². The van der Waals surface area contributed by atoms with Gasteiger partial charge in [0.2, 0.25) is 0 Å². The summed E-state index contributed by atoms with van der Waals surface area (Å²) in [5, 5.41) is 9.14. The number of hydrogen-bond acceptors (Lipinski definition) is 3. The number of nitrogens with one attached hydrogen (secondary N) is 2. The van der Waals surface area contributed by atoms with Crippen molar-refractivity contribution in [3.05, 3.63) is 22.4 Å². The molecule has 0 aliphatic carbocycles. The molecule has 2 heterocycles. The van der Waals surface area contributed by atoms with Crippen molar-refractivity contribution in [1.82, 2.24) is 15.5 Å². The Bertz CT molecular complexity index is 455. The Morgan fingerprint density at radius 1 is 1.45 bits per heavy atom. The summed E-state index contributed by atoms with van der Waals surface area (Å²) in [6.45, 7) is 13.0. The van der Waals surface area contributed by atoms with Gasteiger partial charge in [0.15, 0.2) is 5.96 Å². The van der Waals surface area contributed by atoms with Gasteiger partial charge in [-0.1, -0.05) is 13.0 Å². The summed E-state index contributed by atoms with van der Waals surface area (Å²) in [5.41, 5.74) is 0. The van der Waals surface area contributed by atoms with Crippen molar-refractivity contribution in [2.45, 2.75) is 46.2 Å². The van der Waals surface area contributed by atoms with E-state index in [0.717, 1.165) is 32.0 Å². The molecule has 2 rings (SSSR count). The summed E-state index contributed by atoms with van der Waals surface area (Å²) in [5.74, 6) is 1.62. The summed E-state index contributed by atoms with van der Waals surface area (Å²) in [6.07, 6.45) is 1.02. The number of thiophene rings is 1. The molecule has 22 heavy (non-hydrogen) atoms. The van der Waals surface area contributed by atoms with Gasteiger partial charge in [-0.25, -0.2) is 0 Å². The van der Waals surface area contributed by atoms with Gasteiger partial charge in [0.05, 0.1) is 0 Å². The van der Waals surface area contributed by atoms with Crippen molar-refractivity contribution in [3.63, 3.8) is 0 Å². The van der Waals surface area contributed by atoms with Crippen LogP contribution in [0.3, 0.4) is 0 Å². The van der Waals surface area contributed by atoms with Gasteiger partial charge < -0.3 is 10.6 Å². The molecule has 2 unspecified atom stereocenters.